The highest BCUT2D eigenvalue weighted by Crippen LogP contribution is 2.53. The van der Waals surface area contributed by atoms with Crippen LogP contribution in [0, 0.1) is 22.2 Å². The Balaban J connectivity index is 2.84. The molecule has 0 aromatic heterocycles. The van der Waals surface area contributed by atoms with Crippen LogP contribution in [0.15, 0.2) is 0 Å². The molecule has 2 atom stereocenters. The lowest BCUT2D eigenvalue weighted by molar-refractivity contribution is 0.000570. The van der Waals surface area contributed by atoms with Crippen molar-refractivity contribution < 1.29 is 0 Å². The minimum atomic E-state index is 0.410. The van der Waals surface area contributed by atoms with E-state index in [9.17, 15) is 0 Å². The average Bonchev–Trinajstić information content (AvgIpc) is 2.52. The third-order valence-electron chi connectivity index (χ3n) is 7.90. The SMILES string of the molecule is CCCC(C)(CC)C(C)(C)CC(C)(C)C1CCCCCN(C)CCC1. The molecule has 1 aliphatic heterocycles. The zero-order chi connectivity index (χ0) is 19.1. The van der Waals surface area contributed by atoms with Crippen molar-refractivity contribution in [2.75, 3.05) is 20.1 Å². The van der Waals surface area contributed by atoms with E-state index in [0.29, 0.717) is 16.2 Å². The Morgan fingerprint density at radius 2 is 1.44 bits per heavy atom. The monoisotopic (exact) mass is 351 g/mol. The highest BCUT2D eigenvalue weighted by molar-refractivity contribution is 4.94. The van der Waals surface area contributed by atoms with E-state index >= 15 is 0 Å². The van der Waals surface area contributed by atoms with Crippen molar-refractivity contribution in [1.82, 2.24) is 4.90 Å². The van der Waals surface area contributed by atoms with Gasteiger partial charge in [-0.25, -0.2) is 0 Å². The summed E-state index contributed by atoms with van der Waals surface area (Å²) in [5.41, 5.74) is 1.33. The van der Waals surface area contributed by atoms with Crippen LogP contribution in [-0.4, -0.2) is 25.0 Å². The lowest BCUT2D eigenvalue weighted by atomic mass is 9.55. The highest BCUT2D eigenvalue weighted by Gasteiger charge is 2.43. The van der Waals surface area contributed by atoms with Gasteiger partial charge < -0.3 is 4.90 Å². The van der Waals surface area contributed by atoms with E-state index < -0.39 is 0 Å². The van der Waals surface area contributed by atoms with Gasteiger partial charge in [0, 0.05) is 0 Å². The molecule has 25 heavy (non-hydrogen) atoms. The number of hydrogen-bond acceptors (Lipinski definition) is 1. The summed E-state index contributed by atoms with van der Waals surface area (Å²) in [6.45, 7) is 20.2. The largest absolute Gasteiger partial charge is 0.306 e. The molecule has 1 heteroatoms. The molecule has 1 fully saturated rings. The molecule has 1 nitrogen and oxygen atoms in total. The molecule has 2 unspecified atom stereocenters. The van der Waals surface area contributed by atoms with Crippen molar-refractivity contribution in [3.63, 3.8) is 0 Å². The molecule has 1 saturated heterocycles. The van der Waals surface area contributed by atoms with Crippen molar-refractivity contribution >= 4 is 0 Å². The van der Waals surface area contributed by atoms with E-state index in [-0.39, 0.29) is 0 Å². The van der Waals surface area contributed by atoms with E-state index in [1.54, 1.807) is 0 Å². The minimum Gasteiger partial charge on any atom is -0.306 e. The van der Waals surface area contributed by atoms with Crippen LogP contribution in [0.4, 0.5) is 0 Å². The predicted octanol–water partition coefficient (Wildman–Crippen LogP) is 7.55. The zero-order valence-electron chi connectivity index (χ0n) is 19.0. The van der Waals surface area contributed by atoms with E-state index in [4.69, 9.17) is 0 Å². The highest BCUT2D eigenvalue weighted by atomic mass is 15.1. The summed E-state index contributed by atoms with van der Waals surface area (Å²) in [5, 5.41) is 0. The molecule has 0 aliphatic carbocycles. The van der Waals surface area contributed by atoms with Crippen LogP contribution >= 0.6 is 0 Å². The normalized spacial score (nSPS) is 24.7. The maximum absolute atomic E-state index is 2.58. The molecule has 0 saturated carbocycles. The zero-order valence-corrected chi connectivity index (χ0v) is 19.0. The van der Waals surface area contributed by atoms with Gasteiger partial charge in [-0.3, -0.25) is 0 Å². The number of hydrogen-bond donors (Lipinski definition) is 0. The summed E-state index contributed by atoms with van der Waals surface area (Å²) in [6, 6.07) is 0. The average molecular weight is 352 g/mol. The van der Waals surface area contributed by atoms with Crippen LogP contribution in [-0.2, 0) is 0 Å². The molecule has 0 amide bonds. The molecule has 0 aromatic carbocycles. The van der Waals surface area contributed by atoms with Crippen molar-refractivity contribution in [3.8, 4) is 0 Å². The fourth-order valence-electron chi connectivity index (χ4n) is 5.64. The van der Waals surface area contributed by atoms with Gasteiger partial charge in [-0.05, 0) is 80.8 Å². The molecular formula is C24H49N. The first-order valence-corrected chi connectivity index (χ1v) is 11.3. The van der Waals surface area contributed by atoms with Gasteiger partial charge in [-0.2, -0.15) is 0 Å². The van der Waals surface area contributed by atoms with E-state index in [2.05, 4.69) is 60.4 Å². The lowest BCUT2D eigenvalue weighted by Crippen LogP contribution is -2.40. The van der Waals surface area contributed by atoms with E-state index in [1.807, 2.05) is 0 Å². The van der Waals surface area contributed by atoms with Crippen LogP contribution in [0.3, 0.4) is 0 Å². The fraction of sp³-hybridized carbons (Fsp3) is 1.00. The van der Waals surface area contributed by atoms with Gasteiger partial charge in [-0.1, -0.05) is 74.1 Å². The Kier molecular flexibility index (Phi) is 8.99. The maximum Gasteiger partial charge on any atom is -0.00217 e. The van der Waals surface area contributed by atoms with Crippen LogP contribution < -0.4 is 0 Å². The van der Waals surface area contributed by atoms with Gasteiger partial charge in [0.25, 0.3) is 0 Å². The van der Waals surface area contributed by atoms with Crippen LogP contribution in [0.25, 0.3) is 0 Å². The summed E-state index contributed by atoms with van der Waals surface area (Å²) < 4.78 is 0. The van der Waals surface area contributed by atoms with Crippen LogP contribution in [0.2, 0.25) is 0 Å². The third kappa shape index (κ3) is 6.56. The van der Waals surface area contributed by atoms with Crippen molar-refractivity contribution in [3.05, 3.63) is 0 Å². The molecule has 1 aliphatic rings. The molecule has 0 N–H and O–H groups in total. The Bertz CT molecular complexity index is 370. The van der Waals surface area contributed by atoms with Crippen LogP contribution in [0.5, 0.6) is 0 Å². The number of nitrogens with zero attached hydrogens (tertiary/aromatic N) is 1. The first kappa shape index (κ1) is 23.0. The summed E-state index contributed by atoms with van der Waals surface area (Å²) in [6.07, 6.45) is 13.8. The van der Waals surface area contributed by atoms with Gasteiger partial charge in [0.15, 0.2) is 0 Å². The standard InChI is InChI=1S/C24H49N/c1-9-17-24(7,10-2)23(5,6)20-22(3,4)21-15-12-11-13-18-25(8)19-14-16-21/h21H,9-20H2,1-8H3. The maximum atomic E-state index is 2.58. The second kappa shape index (κ2) is 9.77. The molecular weight excluding hydrogens is 302 g/mol. The summed E-state index contributed by atoms with van der Waals surface area (Å²) in [7, 11) is 2.31. The third-order valence-corrected chi connectivity index (χ3v) is 7.90. The molecule has 1 heterocycles. The fourth-order valence-corrected chi connectivity index (χ4v) is 5.64. The van der Waals surface area contributed by atoms with Gasteiger partial charge in [-0.15, -0.1) is 0 Å². The predicted molar refractivity (Wildman–Crippen MR) is 114 cm³/mol. The topological polar surface area (TPSA) is 3.24 Å². The number of rotatable bonds is 7. The van der Waals surface area contributed by atoms with Gasteiger partial charge in [0.1, 0.15) is 0 Å². The Morgan fingerprint density at radius 1 is 0.840 bits per heavy atom. The summed E-state index contributed by atoms with van der Waals surface area (Å²) in [4.78, 5) is 2.55. The van der Waals surface area contributed by atoms with Crippen molar-refractivity contribution in [2.24, 2.45) is 22.2 Å². The molecule has 0 aromatic rings. The minimum absolute atomic E-state index is 0.410. The first-order chi connectivity index (χ1) is 11.6. The Morgan fingerprint density at radius 3 is 2.04 bits per heavy atom. The van der Waals surface area contributed by atoms with Crippen molar-refractivity contribution in [1.29, 1.82) is 0 Å². The second-order valence-corrected chi connectivity index (χ2v) is 10.7. The smallest absolute Gasteiger partial charge is 0.00217 e. The van der Waals surface area contributed by atoms with Gasteiger partial charge >= 0.3 is 0 Å². The Hall–Kier alpha value is -0.0400. The molecule has 0 bridgehead atoms. The van der Waals surface area contributed by atoms with E-state index in [0.717, 1.165) is 5.92 Å². The summed E-state index contributed by atoms with van der Waals surface area (Å²) >= 11 is 0. The summed E-state index contributed by atoms with van der Waals surface area (Å²) in [5.74, 6) is 0.890. The van der Waals surface area contributed by atoms with Crippen molar-refractivity contribution in [2.45, 2.75) is 113 Å². The van der Waals surface area contributed by atoms with Gasteiger partial charge in [0.2, 0.25) is 0 Å². The molecule has 0 radical (unpaired) electrons. The Labute approximate surface area is 160 Å². The lowest BCUT2D eigenvalue weighted by Gasteiger charge is -2.50. The molecule has 1 rings (SSSR count). The van der Waals surface area contributed by atoms with E-state index in [1.165, 1.54) is 77.3 Å². The van der Waals surface area contributed by atoms with Crippen LogP contribution in [0.1, 0.15) is 113 Å². The molecule has 0 spiro atoms. The molecule has 150 valence electrons. The second-order valence-electron chi connectivity index (χ2n) is 10.7. The quantitative estimate of drug-likeness (QED) is 0.457. The first-order valence-electron chi connectivity index (χ1n) is 11.3. The van der Waals surface area contributed by atoms with Gasteiger partial charge in [0.05, 0.1) is 0 Å².